The molecular weight excluding hydrogens is 334 g/mol. The second-order valence-electron chi connectivity index (χ2n) is 6.72. The number of nitrogens with two attached hydrogens (primary N) is 1. The summed E-state index contributed by atoms with van der Waals surface area (Å²) in [7, 11) is 1.52. The largest absolute Gasteiger partial charge is 0.447 e. The van der Waals surface area contributed by atoms with Crippen molar-refractivity contribution in [1.29, 1.82) is 0 Å². The number of unbranched alkanes of at least 4 members (excludes halogenated alkanes) is 10. The van der Waals surface area contributed by atoms with Gasteiger partial charge in [0, 0.05) is 13.7 Å². The van der Waals surface area contributed by atoms with Crippen LogP contribution in [-0.2, 0) is 9.47 Å². The fourth-order valence-corrected chi connectivity index (χ4v) is 2.74. The molecule has 0 fully saturated rings. The molecule has 0 aromatic carbocycles. The van der Waals surface area contributed by atoms with Gasteiger partial charge in [0.25, 0.3) is 0 Å². The highest BCUT2D eigenvalue weighted by molar-refractivity contribution is 5.74. The van der Waals surface area contributed by atoms with E-state index in [0.717, 1.165) is 12.8 Å². The Kier molecular flexibility index (Phi) is 17.2. The van der Waals surface area contributed by atoms with Crippen LogP contribution >= 0.6 is 0 Å². The minimum Gasteiger partial charge on any atom is -0.447 e. The number of hydrogen-bond acceptors (Lipinski definition) is 4. The standard InChI is InChI=1S/C19H39N3O4/c1-3-4-5-6-7-8-9-10-11-12-13-14-21-19(24)22-17(15-25-2)16-26-18(20)23/h17H,3-16H2,1-2H3,(H2,20,23)(H2,21,22,24)/t17-/m0/s1. The van der Waals surface area contributed by atoms with Crippen molar-refractivity contribution in [2.45, 2.75) is 83.6 Å². The van der Waals surface area contributed by atoms with E-state index >= 15 is 0 Å². The maximum Gasteiger partial charge on any atom is 0.404 e. The first-order valence-electron chi connectivity index (χ1n) is 10.1. The van der Waals surface area contributed by atoms with Crippen LogP contribution in [0.25, 0.3) is 0 Å². The van der Waals surface area contributed by atoms with E-state index in [1.807, 2.05) is 0 Å². The summed E-state index contributed by atoms with van der Waals surface area (Å²) in [5, 5.41) is 5.52. The molecular formula is C19H39N3O4. The van der Waals surface area contributed by atoms with Crippen LogP contribution in [0.3, 0.4) is 0 Å². The van der Waals surface area contributed by atoms with Crippen molar-refractivity contribution in [2.75, 3.05) is 26.9 Å². The van der Waals surface area contributed by atoms with E-state index in [1.54, 1.807) is 0 Å². The third-order valence-corrected chi connectivity index (χ3v) is 4.20. The van der Waals surface area contributed by atoms with Gasteiger partial charge in [0.05, 0.1) is 12.6 Å². The average molecular weight is 374 g/mol. The first kappa shape index (κ1) is 24.5. The summed E-state index contributed by atoms with van der Waals surface area (Å²) in [6, 6.07) is -0.697. The lowest BCUT2D eigenvalue weighted by atomic mass is 10.1. The molecule has 3 amide bonds. The van der Waals surface area contributed by atoms with Crippen molar-refractivity contribution in [3.8, 4) is 0 Å². The zero-order chi connectivity index (χ0) is 19.5. The van der Waals surface area contributed by atoms with E-state index in [4.69, 9.17) is 15.2 Å². The van der Waals surface area contributed by atoms with Gasteiger partial charge < -0.3 is 25.8 Å². The smallest absolute Gasteiger partial charge is 0.404 e. The number of methoxy groups -OCH3 is 1. The van der Waals surface area contributed by atoms with E-state index in [2.05, 4.69) is 17.6 Å². The molecule has 0 aliphatic heterocycles. The first-order valence-corrected chi connectivity index (χ1v) is 10.1. The monoisotopic (exact) mass is 373 g/mol. The normalized spacial score (nSPS) is 11.8. The number of urea groups is 1. The molecule has 0 spiro atoms. The molecule has 154 valence electrons. The number of primary amides is 1. The van der Waals surface area contributed by atoms with Crippen LogP contribution in [0.1, 0.15) is 77.6 Å². The SMILES string of the molecule is CCCCCCCCCCCCCNC(=O)N[C@@H](COC)COC(N)=O. The van der Waals surface area contributed by atoms with Crippen molar-refractivity contribution in [3.05, 3.63) is 0 Å². The lowest BCUT2D eigenvalue weighted by molar-refractivity contribution is 0.107. The maximum absolute atomic E-state index is 11.8. The van der Waals surface area contributed by atoms with E-state index in [-0.39, 0.29) is 19.2 Å². The maximum atomic E-state index is 11.8. The lowest BCUT2D eigenvalue weighted by Crippen LogP contribution is -2.47. The predicted octanol–water partition coefficient (Wildman–Crippen LogP) is 3.71. The quantitative estimate of drug-likeness (QED) is 0.338. The Bertz CT molecular complexity index is 354. The van der Waals surface area contributed by atoms with Gasteiger partial charge in [-0.3, -0.25) is 0 Å². The van der Waals surface area contributed by atoms with E-state index < -0.39 is 12.1 Å². The van der Waals surface area contributed by atoms with Crippen LogP contribution in [0.15, 0.2) is 0 Å². The summed E-state index contributed by atoms with van der Waals surface area (Å²) in [4.78, 5) is 22.4. The minimum absolute atomic E-state index is 0.00492. The molecule has 0 radical (unpaired) electrons. The summed E-state index contributed by atoms with van der Waals surface area (Å²) in [5.41, 5.74) is 4.92. The summed E-state index contributed by atoms with van der Waals surface area (Å²) in [6.07, 6.45) is 13.2. The number of hydrogen-bond donors (Lipinski definition) is 3. The number of nitrogens with one attached hydrogen (secondary N) is 2. The Morgan fingerprint density at radius 1 is 0.885 bits per heavy atom. The van der Waals surface area contributed by atoms with E-state index in [1.165, 1.54) is 64.9 Å². The molecule has 0 saturated carbocycles. The van der Waals surface area contributed by atoms with Crippen LogP contribution in [0.5, 0.6) is 0 Å². The Labute approximate surface area is 158 Å². The van der Waals surface area contributed by atoms with Crippen molar-refractivity contribution >= 4 is 12.1 Å². The zero-order valence-corrected chi connectivity index (χ0v) is 16.7. The Hall–Kier alpha value is -1.50. The van der Waals surface area contributed by atoms with Gasteiger partial charge in [-0.2, -0.15) is 0 Å². The number of rotatable bonds is 17. The molecule has 0 aromatic rings. The number of ether oxygens (including phenoxy) is 2. The van der Waals surface area contributed by atoms with E-state index in [9.17, 15) is 9.59 Å². The number of carbonyl (C=O) groups excluding carboxylic acids is 2. The molecule has 0 aliphatic carbocycles. The van der Waals surface area contributed by atoms with Gasteiger partial charge in [-0.25, -0.2) is 9.59 Å². The topological polar surface area (TPSA) is 103 Å². The molecule has 26 heavy (non-hydrogen) atoms. The molecule has 4 N–H and O–H groups in total. The summed E-state index contributed by atoms with van der Waals surface area (Å²) in [5.74, 6) is 0. The van der Waals surface area contributed by atoms with Crippen LogP contribution in [-0.4, -0.2) is 45.0 Å². The zero-order valence-electron chi connectivity index (χ0n) is 16.7. The van der Waals surface area contributed by atoms with Gasteiger partial charge >= 0.3 is 12.1 Å². The summed E-state index contributed by atoms with van der Waals surface area (Å²) < 4.78 is 9.67. The minimum atomic E-state index is -0.866. The summed E-state index contributed by atoms with van der Waals surface area (Å²) >= 11 is 0. The van der Waals surface area contributed by atoms with E-state index in [0.29, 0.717) is 6.54 Å². The summed E-state index contributed by atoms with van der Waals surface area (Å²) in [6.45, 7) is 3.13. The molecule has 0 aromatic heterocycles. The van der Waals surface area contributed by atoms with Crippen molar-refractivity contribution in [2.24, 2.45) is 5.73 Å². The Balaban J connectivity index is 3.50. The van der Waals surface area contributed by atoms with Crippen molar-refractivity contribution in [3.63, 3.8) is 0 Å². The second-order valence-corrected chi connectivity index (χ2v) is 6.72. The van der Waals surface area contributed by atoms with Crippen LogP contribution < -0.4 is 16.4 Å². The fraction of sp³-hybridized carbons (Fsp3) is 0.895. The number of carbonyl (C=O) groups is 2. The van der Waals surface area contributed by atoms with Gasteiger partial charge in [0.1, 0.15) is 6.61 Å². The van der Waals surface area contributed by atoms with Gasteiger partial charge in [-0.15, -0.1) is 0 Å². The molecule has 0 bridgehead atoms. The van der Waals surface area contributed by atoms with Gasteiger partial charge in [-0.05, 0) is 6.42 Å². The van der Waals surface area contributed by atoms with Crippen LogP contribution in [0.4, 0.5) is 9.59 Å². The van der Waals surface area contributed by atoms with Crippen LogP contribution in [0.2, 0.25) is 0 Å². The molecule has 1 atom stereocenters. The molecule has 0 aliphatic rings. The highest BCUT2D eigenvalue weighted by Gasteiger charge is 2.13. The highest BCUT2D eigenvalue weighted by Crippen LogP contribution is 2.10. The van der Waals surface area contributed by atoms with Gasteiger partial charge in [-0.1, -0.05) is 71.1 Å². The second kappa shape index (κ2) is 18.3. The molecule has 0 heterocycles. The molecule has 7 heteroatoms. The molecule has 0 unspecified atom stereocenters. The van der Waals surface area contributed by atoms with Gasteiger partial charge in [0.15, 0.2) is 0 Å². The molecule has 0 rings (SSSR count). The fourth-order valence-electron chi connectivity index (χ4n) is 2.74. The van der Waals surface area contributed by atoms with Crippen molar-refractivity contribution in [1.82, 2.24) is 10.6 Å². The average Bonchev–Trinajstić information content (AvgIpc) is 2.60. The highest BCUT2D eigenvalue weighted by atomic mass is 16.5. The van der Waals surface area contributed by atoms with Gasteiger partial charge in [0.2, 0.25) is 0 Å². The number of amides is 3. The Morgan fingerprint density at radius 2 is 1.42 bits per heavy atom. The Morgan fingerprint density at radius 3 is 1.92 bits per heavy atom. The molecule has 7 nitrogen and oxygen atoms in total. The molecule has 0 saturated heterocycles. The van der Waals surface area contributed by atoms with Crippen molar-refractivity contribution < 1.29 is 19.1 Å². The predicted molar refractivity (Wildman–Crippen MR) is 104 cm³/mol. The third-order valence-electron chi connectivity index (χ3n) is 4.20. The lowest BCUT2D eigenvalue weighted by Gasteiger charge is -2.17. The van der Waals surface area contributed by atoms with Crippen LogP contribution in [0, 0.1) is 0 Å². The first-order chi connectivity index (χ1) is 12.6. The third kappa shape index (κ3) is 17.3.